The highest BCUT2D eigenvalue weighted by atomic mass is 35.5. The van der Waals surface area contributed by atoms with Crippen LogP contribution >= 0.6 is 11.6 Å². The van der Waals surface area contributed by atoms with Crippen LogP contribution in [0, 0.1) is 18.2 Å². The van der Waals surface area contributed by atoms with E-state index in [9.17, 15) is 9.18 Å². The molecule has 0 saturated heterocycles. The lowest BCUT2D eigenvalue weighted by Crippen LogP contribution is -2.49. The average Bonchev–Trinajstić information content (AvgIpc) is 2.61. The maximum Gasteiger partial charge on any atom is 0.319 e. The molecule has 0 atom stereocenters. The molecule has 2 aromatic heterocycles. The molecule has 0 spiro atoms. The van der Waals surface area contributed by atoms with Gasteiger partial charge in [-0.3, -0.25) is 4.98 Å². The summed E-state index contributed by atoms with van der Waals surface area (Å²) in [6.07, 6.45) is 3.50. The van der Waals surface area contributed by atoms with Crippen molar-refractivity contribution in [3.63, 3.8) is 0 Å². The molecule has 1 fully saturated rings. The molecule has 3 aromatic rings. The molecule has 4 rings (SSSR count). The monoisotopic (exact) mass is 412 g/mol. The van der Waals surface area contributed by atoms with Crippen molar-refractivity contribution in [2.45, 2.75) is 39.7 Å². The van der Waals surface area contributed by atoms with Gasteiger partial charge in [-0.15, -0.1) is 0 Å². The molecule has 0 aliphatic heterocycles. The molecular formula is C22H22ClFN4O. The molecule has 2 N–H and O–H groups in total. The zero-order valence-electron chi connectivity index (χ0n) is 16.5. The predicted octanol–water partition coefficient (Wildman–Crippen LogP) is 5.71. The van der Waals surface area contributed by atoms with Gasteiger partial charge < -0.3 is 10.6 Å². The highest BCUT2D eigenvalue weighted by Crippen LogP contribution is 2.39. The van der Waals surface area contributed by atoms with Crippen molar-refractivity contribution in [3.8, 4) is 11.1 Å². The topological polar surface area (TPSA) is 66.9 Å². The molecule has 150 valence electrons. The number of carbonyl (C=O) groups is 1. The fraction of sp³-hybridized carbons (Fsp3) is 0.318. The summed E-state index contributed by atoms with van der Waals surface area (Å²) in [5.41, 5.74) is 3.50. The minimum absolute atomic E-state index is 0.127. The Hall–Kier alpha value is -2.73. The maximum atomic E-state index is 14.3. The number of pyridine rings is 2. The van der Waals surface area contributed by atoms with Crippen LogP contribution in [0.3, 0.4) is 0 Å². The second-order valence-electron chi connectivity index (χ2n) is 8.38. The quantitative estimate of drug-likeness (QED) is 0.541. The van der Waals surface area contributed by atoms with Crippen LogP contribution in [0.1, 0.15) is 32.4 Å². The lowest BCUT2D eigenvalue weighted by Gasteiger charge is -2.42. The van der Waals surface area contributed by atoms with E-state index in [1.54, 1.807) is 24.4 Å². The Bertz CT molecular complexity index is 1110. The first kappa shape index (κ1) is 19.6. The van der Waals surface area contributed by atoms with Gasteiger partial charge >= 0.3 is 6.03 Å². The molecule has 1 aliphatic carbocycles. The molecular weight excluding hydrogens is 391 g/mol. The van der Waals surface area contributed by atoms with E-state index < -0.39 is 11.8 Å². The van der Waals surface area contributed by atoms with Gasteiger partial charge in [0.05, 0.1) is 11.2 Å². The second-order valence-corrected chi connectivity index (χ2v) is 8.77. The number of urea groups is 1. The van der Waals surface area contributed by atoms with Crippen molar-refractivity contribution in [3.05, 3.63) is 53.2 Å². The van der Waals surface area contributed by atoms with E-state index in [0.717, 1.165) is 40.6 Å². The van der Waals surface area contributed by atoms with Gasteiger partial charge in [0.2, 0.25) is 0 Å². The molecule has 0 bridgehead atoms. The van der Waals surface area contributed by atoms with E-state index in [2.05, 4.69) is 34.4 Å². The molecule has 7 heteroatoms. The molecule has 5 nitrogen and oxygen atoms in total. The number of aryl methyl sites for hydroxylation is 1. The lowest BCUT2D eigenvalue weighted by molar-refractivity contribution is 0.132. The SMILES string of the molecule is Cc1nc2cc(Cl)ncc2cc1-c1ccc(F)c(NC(=O)NC2CC(C)(C)C2)c1. The predicted molar refractivity (Wildman–Crippen MR) is 114 cm³/mol. The Labute approximate surface area is 173 Å². The number of benzene rings is 1. The van der Waals surface area contributed by atoms with Crippen LogP contribution in [-0.4, -0.2) is 22.0 Å². The summed E-state index contributed by atoms with van der Waals surface area (Å²) in [6.45, 7) is 6.20. The highest BCUT2D eigenvalue weighted by molar-refractivity contribution is 6.30. The summed E-state index contributed by atoms with van der Waals surface area (Å²) < 4.78 is 14.3. The van der Waals surface area contributed by atoms with Gasteiger partial charge in [0, 0.05) is 34.9 Å². The third-order valence-corrected chi connectivity index (χ3v) is 5.52. The smallest absolute Gasteiger partial charge is 0.319 e. The van der Waals surface area contributed by atoms with Crippen molar-refractivity contribution in [1.29, 1.82) is 0 Å². The molecule has 2 heterocycles. The molecule has 2 amide bonds. The zero-order chi connectivity index (χ0) is 20.8. The summed E-state index contributed by atoms with van der Waals surface area (Å²) in [7, 11) is 0. The Balaban J connectivity index is 1.58. The van der Waals surface area contributed by atoms with E-state index in [1.807, 2.05) is 13.0 Å². The summed E-state index contributed by atoms with van der Waals surface area (Å²) in [4.78, 5) is 21.0. The largest absolute Gasteiger partial charge is 0.335 e. The van der Waals surface area contributed by atoms with E-state index in [-0.39, 0.29) is 17.1 Å². The number of nitrogens with one attached hydrogen (secondary N) is 2. The average molecular weight is 413 g/mol. The fourth-order valence-corrected chi connectivity index (χ4v) is 4.09. The summed E-state index contributed by atoms with van der Waals surface area (Å²) in [5.74, 6) is -0.488. The fourth-order valence-electron chi connectivity index (χ4n) is 3.94. The van der Waals surface area contributed by atoms with E-state index in [4.69, 9.17) is 11.6 Å². The number of hydrogen-bond donors (Lipinski definition) is 2. The number of aromatic nitrogens is 2. The molecule has 1 aromatic carbocycles. The van der Waals surface area contributed by atoms with E-state index in [1.165, 1.54) is 6.07 Å². The number of amides is 2. The van der Waals surface area contributed by atoms with Gasteiger partial charge in [-0.25, -0.2) is 14.2 Å². The number of carbonyl (C=O) groups excluding carboxylic acids is 1. The third-order valence-electron chi connectivity index (χ3n) is 5.32. The molecule has 0 radical (unpaired) electrons. The number of rotatable bonds is 3. The first-order valence-electron chi connectivity index (χ1n) is 9.50. The Kier molecular flexibility index (Phi) is 4.90. The van der Waals surface area contributed by atoms with Crippen LogP contribution in [0.4, 0.5) is 14.9 Å². The summed E-state index contributed by atoms with van der Waals surface area (Å²) in [6, 6.07) is 8.02. The van der Waals surface area contributed by atoms with Gasteiger partial charge in [0.25, 0.3) is 0 Å². The number of halogens is 2. The number of nitrogens with zero attached hydrogens (tertiary/aromatic N) is 2. The van der Waals surface area contributed by atoms with Crippen LogP contribution in [0.25, 0.3) is 22.0 Å². The second kappa shape index (κ2) is 7.26. The number of anilines is 1. The Morgan fingerprint density at radius 2 is 2.00 bits per heavy atom. The number of fused-ring (bicyclic) bond motifs is 1. The van der Waals surface area contributed by atoms with Crippen LogP contribution in [0.15, 0.2) is 36.5 Å². The van der Waals surface area contributed by atoms with Gasteiger partial charge in [0.1, 0.15) is 11.0 Å². The van der Waals surface area contributed by atoms with Crippen molar-refractivity contribution in [2.24, 2.45) is 5.41 Å². The standard InChI is InChI=1S/C22H22ClFN4O/c1-12-16(6-14-11-25-20(23)8-18(14)26-12)13-4-5-17(24)19(7-13)28-21(29)27-15-9-22(2,3)10-15/h4-8,11,15H,9-10H2,1-3H3,(H2,27,28,29). The third kappa shape index (κ3) is 4.17. The highest BCUT2D eigenvalue weighted by Gasteiger charge is 2.36. The minimum atomic E-state index is -0.488. The van der Waals surface area contributed by atoms with Crippen molar-refractivity contribution >= 4 is 34.2 Å². The van der Waals surface area contributed by atoms with Crippen LogP contribution in [0.2, 0.25) is 5.15 Å². The van der Waals surface area contributed by atoms with Crippen LogP contribution in [-0.2, 0) is 0 Å². The minimum Gasteiger partial charge on any atom is -0.335 e. The molecule has 1 saturated carbocycles. The molecule has 0 unspecified atom stereocenters. The van der Waals surface area contributed by atoms with Crippen molar-refractivity contribution < 1.29 is 9.18 Å². The molecule has 29 heavy (non-hydrogen) atoms. The van der Waals surface area contributed by atoms with E-state index >= 15 is 0 Å². The summed E-state index contributed by atoms with van der Waals surface area (Å²) in [5, 5.41) is 6.75. The number of hydrogen-bond acceptors (Lipinski definition) is 3. The Morgan fingerprint density at radius 1 is 1.24 bits per heavy atom. The van der Waals surface area contributed by atoms with Gasteiger partial charge in [0.15, 0.2) is 0 Å². The van der Waals surface area contributed by atoms with Gasteiger partial charge in [-0.05, 0) is 48.9 Å². The molecule has 1 aliphatic rings. The van der Waals surface area contributed by atoms with Gasteiger partial charge in [-0.1, -0.05) is 31.5 Å². The first-order chi connectivity index (χ1) is 13.7. The van der Waals surface area contributed by atoms with Crippen LogP contribution < -0.4 is 10.6 Å². The lowest BCUT2D eigenvalue weighted by atomic mass is 9.68. The zero-order valence-corrected chi connectivity index (χ0v) is 17.3. The maximum absolute atomic E-state index is 14.3. The van der Waals surface area contributed by atoms with E-state index in [0.29, 0.717) is 5.15 Å². The van der Waals surface area contributed by atoms with Crippen LogP contribution in [0.5, 0.6) is 0 Å². The van der Waals surface area contributed by atoms with Gasteiger partial charge in [-0.2, -0.15) is 0 Å². The van der Waals surface area contributed by atoms with Crippen molar-refractivity contribution in [2.75, 3.05) is 5.32 Å². The summed E-state index contributed by atoms with van der Waals surface area (Å²) >= 11 is 5.94. The first-order valence-corrected chi connectivity index (χ1v) is 9.88. The normalized spacial score (nSPS) is 15.8. The van der Waals surface area contributed by atoms with Crippen molar-refractivity contribution in [1.82, 2.24) is 15.3 Å². The Morgan fingerprint density at radius 3 is 2.72 bits per heavy atom.